The van der Waals surface area contributed by atoms with Gasteiger partial charge in [-0.15, -0.1) is 22.9 Å². The molecule has 0 bridgehead atoms. The highest BCUT2D eigenvalue weighted by Crippen LogP contribution is 2.36. The minimum atomic E-state index is -0.128. The summed E-state index contributed by atoms with van der Waals surface area (Å²) in [5.41, 5.74) is 1.06. The van der Waals surface area contributed by atoms with Gasteiger partial charge in [0.2, 0.25) is 0 Å². The van der Waals surface area contributed by atoms with Gasteiger partial charge in [0.25, 0.3) is 0 Å². The monoisotopic (exact) mass is 344 g/mol. The van der Waals surface area contributed by atoms with Crippen LogP contribution in [0.3, 0.4) is 0 Å². The molecule has 18 heavy (non-hydrogen) atoms. The van der Waals surface area contributed by atoms with Crippen molar-refractivity contribution in [2.75, 3.05) is 0 Å². The fraction of sp³-hybridized carbons (Fsp3) is 0.286. The second kappa shape index (κ2) is 6.09. The second-order valence-corrected chi connectivity index (χ2v) is 7.17. The summed E-state index contributed by atoms with van der Waals surface area (Å²) in [6, 6.07) is 12.0. The highest BCUT2D eigenvalue weighted by molar-refractivity contribution is 9.11. The zero-order valence-electron chi connectivity index (χ0n) is 10.2. The van der Waals surface area contributed by atoms with Gasteiger partial charge in [0, 0.05) is 4.88 Å². The molecule has 2 rings (SSSR count). The molecular formula is C14H14BrClOS. The van der Waals surface area contributed by atoms with E-state index in [1.165, 1.54) is 0 Å². The van der Waals surface area contributed by atoms with Crippen LogP contribution in [0.25, 0.3) is 0 Å². The van der Waals surface area contributed by atoms with Crippen LogP contribution < -0.4 is 4.74 Å². The number of benzene rings is 1. The lowest BCUT2D eigenvalue weighted by Crippen LogP contribution is -2.05. The molecule has 1 aromatic carbocycles. The normalized spacial score (nSPS) is 12.7. The quantitative estimate of drug-likeness (QED) is 0.653. The van der Waals surface area contributed by atoms with E-state index in [0.29, 0.717) is 0 Å². The number of alkyl halides is 1. The van der Waals surface area contributed by atoms with Gasteiger partial charge in [0.1, 0.15) is 5.75 Å². The molecule has 0 saturated heterocycles. The molecule has 1 aromatic heterocycles. The van der Waals surface area contributed by atoms with Crippen molar-refractivity contribution >= 4 is 38.9 Å². The largest absolute Gasteiger partial charge is 0.491 e. The van der Waals surface area contributed by atoms with Gasteiger partial charge < -0.3 is 4.74 Å². The average Bonchev–Trinajstić information content (AvgIpc) is 2.74. The van der Waals surface area contributed by atoms with E-state index >= 15 is 0 Å². The van der Waals surface area contributed by atoms with Crippen LogP contribution in [0.15, 0.2) is 40.2 Å². The Balaban J connectivity index is 2.22. The van der Waals surface area contributed by atoms with Crippen LogP contribution in [0.5, 0.6) is 5.75 Å². The summed E-state index contributed by atoms with van der Waals surface area (Å²) < 4.78 is 6.78. The summed E-state index contributed by atoms with van der Waals surface area (Å²) in [7, 11) is 0. The van der Waals surface area contributed by atoms with Crippen LogP contribution in [0.1, 0.15) is 29.7 Å². The molecule has 2 aromatic rings. The summed E-state index contributed by atoms with van der Waals surface area (Å²) in [6.07, 6.45) is 0.171. The van der Waals surface area contributed by atoms with Crippen LogP contribution in [-0.2, 0) is 0 Å². The molecule has 1 nitrogen and oxygen atoms in total. The van der Waals surface area contributed by atoms with Gasteiger partial charge in [-0.25, -0.2) is 0 Å². The molecule has 0 saturated carbocycles. The molecule has 0 radical (unpaired) electrons. The zero-order chi connectivity index (χ0) is 13.1. The number of ether oxygens (including phenoxy) is 1. The highest BCUT2D eigenvalue weighted by Gasteiger charge is 2.13. The lowest BCUT2D eigenvalue weighted by Gasteiger charge is -2.13. The van der Waals surface area contributed by atoms with Gasteiger partial charge in [-0.2, -0.15) is 0 Å². The maximum absolute atomic E-state index is 6.49. The molecular weight excluding hydrogens is 332 g/mol. The van der Waals surface area contributed by atoms with Crippen LogP contribution in [0.4, 0.5) is 0 Å². The van der Waals surface area contributed by atoms with Gasteiger partial charge in [0.05, 0.1) is 15.3 Å². The molecule has 1 unspecified atom stereocenters. The fourth-order valence-electron chi connectivity index (χ4n) is 1.65. The summed E-state index contributed by atoms with van der Waals surface area (Å²) in [5.74, 6) is 0.865. The van der Waals surface area contributed by atoms with Crippen molar-refractivity contribution in [1.29, 1.82) is 0 Å². The molecule has 1 atom stereocenters. The van der Waals surface area contributed by atoms with E-state index in [9.17, 15) is 0 Å². The van der Waals surface area contributed by atoms with Crippen molar-refractivity contribution in [2.24, 2.45) is 0 Å². The minimum absolute atomic E-state index is 0.128. The van der Waals surface area contributed by atoms with Gasteiger partial charge in [-0.3, -0.25) is 0 Å². The Hall–Kier alpha value is -0.510. The molecule has 96 valence electrons. The number of hydrogen-bond acceptors (Lipinski definition) is 2. The fourth-order valence-corrected chi connectivity index (χ4v) is 3.42. The first-order valence-electron chi connectivity index (χ1n) is 5.72. The van der Waals surface area contributed by atoms with Crippen molar-refractivity contribution in [3.8, 4) is 5.75 Å². The summed E-state index contributed by atoms with van der Waals surface area (Å²) in [6.45, 7) is 4.03. The first-order valence-corrected chi connectivity index (χ1v) is 7.77. The first kappa shape index (κ1) is 13.9. The molecule has 0 aliphatic carbocycles. The number of hydrogen-bond donors (Lipinski definition) is 0. The van der Waals surface area contributed by atoms with Crippen LogP contribution in [0, 0.1) is 0 Å². The van der Waals surface area contributed by atoms with Gasteiger partial charge in [-0.05, 0) is 59.6 Å². The van der Waals surface area contributed by atoms with Gasteiger partial charge >= 0.3 is 0 Å². The molecule has 0 aliphatic heterocycles. The third-order valence-corrected chi connectivity index (χ3v) is 4.67. The predicted molar refractivity (Wildman–Crippen MR) is 81.9 cm³/mol. The van der Waals surface area contributed by atoms with E-state index in [4.69, 9.17) is 16.3 Å². The summed E-state index contributed by atoms with van der Waals surface area (Å²) in [4.78, 5) is 1.13. The van der Waals surface area contributed by atoms with Crippen LogP contribution in [-0.4, -0.2) is 6.10 Å². The molecule has 0 fully saturated rings. The molecule has 4 heteroatoms. The van der Waals surface area contributed by atoms with Gasteiger partial charge in [0.15, 0.2) is 0 Å². The Kier molecular flexibility index (Phi) is 4.71. The molecule has 1 heterocycles. The number of halogens is 2. The van der Waals surface area contributed by atoms with E-state index < -0.39 is 0 Å². The third-order valence-electron chi connectivity index (χ3n) is 2.37. The van der Waals surface area contributed by atoms with Crippen molar-refractivity contribution in [3.63, 3.8) is 0 Å². The standard InChI is InChI=1S/C14H14BrClOS/c1-9(2)17-11-5-3-4-10(8-11)14(16)12-6-7-13(15)18-12/h3-9,14H,1-2H3. The maximum Gasteiger partial charge on any atom is 0.120 e. The molecule has 0 N–H and O–H groups in total. The summed E-state index contributed by atoms with van der Waals surface area (Å²) in [5, 5.41) is -0.128. The Bertz CT molecular complexity index is 524. The third kappa shape index (κ3) is 3.50. The predicted octanol–water partition coefficient (Wildman–Crippen LogP) is 5.63. The van der Waals surface area contributed by atoms with E-state index in [2.05, 4.69) is 15.9 Å². The Morgan fingerprint density at radius 3 is 2.61 bits per heavy atom. The number of thiophene rings is 1. The van der Waals surface area contributed by atoms with E-state index in [1.54, 1.807) is 11.3 Å². The lowest BCUT2D eigenvalue weighted by atomic mass is 10.1. The van der Waals surface area contributed by atoms with Crippen molar-refractivity contribution in [3.05, 3.63) is 50.6 Å². The average molecular weight is 346 g/mol. The molecule has 0 spiro atoms. The molecule has 0 aliphatic rings. The Morgan fingerprint density at radius 1 is 1.22 bits per heavy atom. The van der Waals surface area contributed by atoms with Gasteiger partial charge in [-0.1, -0.05) is 12.1 Å². The minimum Gasteiger partial charge on any atom is -0.491 e. The van der Waals surface area contributed by atoms with Crippen molar-refractivity contribution < 1.29 is 4.74 Å². The summed E-state index contributed by atoms with van der Waals surface area (Å²) >= 11 is 11.6. The topological polar surface area (TPSA) is 9.23 Å². The Labute approximate surface area is 125 Å². The van der Waals surface area contributed by atoms with Crippen molar-refractivity contribution in [1.82, 2.24) is 0 Å². The first-order chi connectivity index (χ1) is 8.56. The van der Waals surface area contributed by atoms with Crippen LogP contribution >= 0.6 is 38.9 Å². The zero-order valence-corrected chi connectivity index (χ0v) is 13.3. The van der Waals surface area contributed by atoms with Crippen molar-refractivity contribution in [2.45, 2.75) is 25.3 Å². The second-order valence-electron chi connectivity index (χ2n) is 4.24. The van der Waals surface area contributed by atoms with E-state index in [-0.39, 0.29) is 11.5 Å². The van der Waals surface area contributed by atoms with E-state index in [1.807, 2.05) is 50.2 Å². The lowest BCUT2D eigenvalue weighted by molar-refractivity contribution is 0.242. The number of rotatable bonds is 4. The van der Waals surface area contributed by atoms with E-state index in [0.717, 1.165) is 20.0 Å². The van der Waals surface area contributed by atoms with Crippen LogP contribution in [0.2, 0.25) is 0 Å². The smallest absolute Gasteiger partial charge is 0.120 e. The molecule has 0 amide bonds. The maximum atomic E-state index is 6.49. The highest BCUT2D eigenvalue weighted by atomic mass is 79.9. The Morgan fingerprint density at radius 2 is 2.00 bits per heavy atom. The SMILES string of the molecule is CC(C)Oc1cccc(C(Cl)c2ccc(Br)s2)c1.